The molecule has 0 unspecified atom stereocenters. The van der Waals surface area contributed by atoms with E-state index in [4.69, 9.17) is 0 Å². The Labute approximate surface area is 162 Å². The smallest absolute Gasteiger partial charge is 0.261 e. The Balaban J connectivity index is 2.18. The highest BCUT2D eigenvalue weighted by atomic mass is 32.2. The molecule has 27 heavy (non-hydrogen) atoms. The van der Waals surface area contributed by atoms with Gasteiger partial charge in [-0.2, -0.15) is 0 Å². The van der Waals surface area contributed by atoms with Crippen LogP contribution in [0.25, 0.3) is 0 Å². The van der Waals surface area contributed by atoms with Crippen LogP contribution in [0.3, 0.4) is 0 Å². The lowest BCUT2D eigenvalue weighted by molar-refractivity contribution is 0.570. The summed E-state index contributed by atoms with van der Waals surface area (Å²) in [7, 11) is -7.36. The average molecular weight is 411 g/mol. The van der Waals surface area contributed by atoms with Gasteiger partial charge in [-0.05, 0) is 68.1 Å². The van der Waals surface area contributed by atoms with Crippen LogP contribution in [0.5, 0.6) is 0 Å². The van der Waals surface area contributed by atoms with Gasteiger partial charge in [0, 0.05) is 11.7 Å². The molecular weight excluding hydrogens is 384 g/mol. The van der Waals surface area contributed by atoms with Gasteiger partial charge in [0.1, 0.15) is 0 Å². The summed E-state index contributed by atoms with van der Waals surface area (Å²) < 4.78 is 54.3. The second-order valence-corrected chi connectivity index (χ2v) is 10.2. The van der Waals surface area contributed by atoms with E-state index < -0.39 is 20.0 Å². The van der Waals surface area contributed by atoms with Crippen molar-refractivity contribution in [1.29, 1.82) is 0 Å². The van der Waals surface area contributed by atoms with Crippen molar-refractivity contribution >= 4 is 25.7 Å². The molecule has 8 heteroatoms. The van der Waals surface area contributed by atoms with Crippen LogP contribution in [0.4, 0.5) is 5.69 Å². The van der Waals surface area contributed by atoms with Gasteiger partial charge in [0.25, 0.3) is 10.0 Å². The van der Waals surface area contributed by atoms with Crippen LogP contribution in [-0.4, -0.2) is 22.9 Å². The fourth-order valence-electron chi connectivity index (χ4n) is 2.51. The molecule has 2 N–H and O–H groups in total. The lowest BCUT2D eigenvalue weighted by Crippen LogP contribution is -2.30. The standard InChI is InChI=1S/C19H26N2O4S2/c1-5-15(4)16-6-10-18(11-7-16)27(24,25)21-17-8-12-19(13-9-17)26(22,23)20-14(2)3/h6-15,20-21H,5H2,1-4H3/t15-/m1/s1. The molecule has 0 saturated heterocycles. The average Bonchev–Trinajstić information content (AvgIpc) is 2.60. The van der Waals surface area contributed by atoms with Gasteiger partial charge in [-0.15, -0.1) is 0 Å². The van der Waals surface area contributed by atoms with Gasteiger partial charge in [0.2, 0.25) is 10.0 Å². The van der Waals surface area contributed by atoms with E-state index in [1.165, 1.54) is 24.3 Å². The first kappa shape index (κ1) is 21.4. The third-order valence-electron chi connectivity index (χ3n) is 4.18. The number of hydrogen-bond donors (Lipinski definition) is 2. The van der Waals surface area contributed by atoms with Crippen molar-refractivity contribution in [2.75, 3.05) is 4.72 Å². The van der Waals surface area contributed by atoms with Gasteiger partial charge in [0.15, 0.2) is 0 Å². The molecule has 0 saturated carbocycles. The van der Waals surface area contributed by atoms with E-state index in [9.17, 15) is 16.8 Å². The topological polar surface area (TPSA) is 92.3 Å². The van der Waals surface area contributed by atoms with Crippen LogP contribution < -0.4 is 9.44 Å². The Bertz CT molecular complexity index is 965. The molecule has 0 amide bonds. The van der Waals surface area contributed by atoms with E-state index in [0.29, 0.717) is 11.6 Å². The Morgan fingerprint density at radius 1 is 0.778 bits per heavy atom. The van der Waals surface area contributed by atoms with Crippen LogP contribution in [-0.2, 0) is 20.0 Å². The van der Waals surface area contributed by atoms with Crippen molar-refractivity contribution in [2.24, 2.45) is 0 Å². The molecule has 0 aliphatic heterocycles. The van der Waals surface area contributed by atoms with E-state index in [1.807, 2.05) is 12.1 Å². The SMILES string of the molecule is CC[C@@H](C)c1ccc(S(=O)(=O)Nc2ccc(S(=O)(=O)NC(C)C)cc2)cc1. The van der Waals surface area contributed by atoms with E-state index >= 15 is 0 Å². The van der Waals surface area contributed by atoms with E-state index in [0.717, 1.165) is 12.0 Å². The predicted molar refractivity (Wildman–Crippen MR) is 108 cm³/mol. The number of sulfonamides is 2. The first-order valence-electron chi connectivity index (χ1n) is 8.80. The summed E-state index contributed by atoms with van der Waals surface area (Å²) in [5.74, 6) is 0.364. The normalized spacial score (nSPS) is 13.5. The first-order chi connectivity index (χ1) is 12.5. The van der Waals surface area contributed by atoms with Crippen molar-refractivity contribution in [3.05, 3.63) is 54.1 Å². The van der Waals surface area contributed by atoms with Crippen LogP contribution in [0.2, 0.25) is 0 Å². The molecule has 2 aromatic carbocycles. The van der Waals surface area contributed by atoms with Gasteiger partial charge in [-0.25, -0.2) is 21.6 Å². The second kappa shape index (κ2) is 8.41. The van der Waals surface area contributed by atoms with E-state index in [-0.39, 0.29) is 15.8 Å². The van der Waals surface area contributed by atoms with Gasteiger partial charge in [-0.3, -0.25) is 4.72 Å². The quantitative estimate of drug-likeness (QED) is 0.694. The first-order valence-corrected chi connectivity index (χ1v) is 11.8. The molecule has 0 spiro atoms. The Hall–Kier alpha value is -1.90. The molecule has 0 heterocycles. The fourth-order valence-corrected chi connectivity index (χ4v) is 4.82. The van der Waals surface area contributed by atoms with Crippen LogP contribution in [0.1, 0.15) is 45.6 Å². The summed E-state index contributed by atoms with van der Waals surface area (Å²) in [6.07, 6.45) is 0.977. The predicted octanol–water partition coefficient (Wildman–Crippen LogP) is 3.69. The lowest BCUT2D eigenvalue weighted by Gasteiger charge is -2.12. The second-order valence-electron chi connectivity index (χ2n) is 6.78. The third-order valence-corrected chi connectivity index (χ3v) is 7.25. The number of benzene rings is 2. The van der Waals surface area contributed by atoms with Gasteiger partial charge >= 0.3 is 0 Å². The van der Waals surface area contributed by atoms with Crippen molar-refractivity contribution in [1.82, 2.24) is 4.72 Å². The number of nitrogens with one attached hydrogen (secondary N) is 2. The molecule has 1 atom stereocenters. The number of anilines is 1. The summed E-state index contributed by atoms with van der Waals surface area (Å²) in [6, 6.07) is 12.2. The Morgan fingerprint density at radius 2 is 1.26 bits per heavy atom. The van der Waals surface area contributed by atoms with Gasteiger partial charge in [0.05, 0.1) is 9.79 Å². The molecule has 0 aliphatic carbocycles. The maximum Gasteiger partial charge on any atom is 0.261 e. The highest BCUT2D eigenvalue weighted by molar-refractivity contribution is 7.92. The van der Waals surface area contributed by atoms with Crippen molar-refractivity contribution in [2.45, 2.75) is 55.9 Å². The lowest BCUT2D eigenvalue weighted by atomic mass is 9.99. The zero-order valence-electron chi connectivity index (χ0n) is 15.9. The number of rotatable bonds is 8. The van der Waals surface area contributed by atoms with Crippen LogP contribution >= 0.6 is 0 Å². The van der Waals surface area contributed by atoms with E-state index in [2.05, 4.69) is 23.3 Å². The van der Waals surface area contributed by atoms with Crippen LogP contribution in [0.15, 0.2) is 58.3 Å². The molecule has 0 aliphatic rings. The minimum atomic E-state index is -3.74. The fraction of sp³-hybridized carbons (Fsp3) is 0.368. The summed E-state index contributed by atoms with van der Waals surface area (Å²) in [4.78, 5) is 0.241. The molecule has 6 nitrogen and oxygen atoms in total. The Morgan fingerprint density at radius 3 is 1.74 bits per heavy atom. The van der Waals surface area contributed by atoms with Crippen molar-refractivity contribution < 1.29 is 16.8 Å². The minimum Gasteiger partial charge on any atom is -0.280 e. The van der Waals surface area contributed by atoms with Crippen molar-refractivity contribution in [3.8, 4) is 0 Å². The highest BCUT2D eigenvalue weighted by Crippen LogP contribution is 2.22. The molecule has 148 valence electrons. The van der Waals surface area contributed by atoms with Crippen LogP contribution in [0, 0.1) is 0 Å². The highest BCUT2D eigenvalue weighted by Gasteiger charge is 2.17. The van der Waals surface area contributed by atoms with E-state index in [1.54, 1.807) is 26.0 Å². The zero-order chi connectivity index (χ0) is 20.2. The van der Waals surface area contributed by atoms with Crippen molar-refractivity contribution in [3.63, 3.8) is 0 Å². The Kier molecular flexibility index (Phi) is 6.67. The molecule has 2 aromatic rings. The zero-order valence-corrected chi connectivity index (χ0v) is 17.6. The molecule has 0 bridgehead atoms. The monoisotopic (exact) mass is 410 g/mol. The molecular formula is C19H26N2O4S2. The molecule has 0 fully saturated rings. The van der Waals surface area contributed by atoms with Gasteiger partial charge in [-0.1, -0.05) is 26.0 Å². The molecule has 0 aromatic heterocycles. The minimum absolute atomic E-state index is 0.0806. The maximum atomic E-state index is 12.5. The maximum absolute atomic E-state index is 12.5. The molecule has 0 radical (unpaired) electrons. The van der Waals surface area contributed by atoms with Gasteiger partial charge < -0.3 is 0 Å². The largest absolute Gasteiger partial charge is 0.280 e. The third kappa shape index (κ3) is 5.54. The summed E-state index contributed by atoms with van der Waals surface area (Å²) >= 11 is 0. The summed E-state index contributed by atoms with van der Waals surface area (Å²) in [6.45, 7) is 7.63. The summed E-state index contributed by atoms with van der Waals surface area (Å²) in [5, 5.41) is 0. The molecule has 2 rings (SSSR count). The number of hydrogen-bond acceptors (Lipinski definition) is 4. The summed E-state index contributed by atoms with van der Waals surface area (Å²) in [5.41, 5.74) is 1.38.